The highest BCUT2D eigenvalue weighted by molar-refractivity contribution is 6.01. The molecule has 0 aliphatic heterocycles. The Morgan fingerprint density at radius 2 is 1.65 bits per heavy atom. The van der Waals surface area contributed by atoms with Crippen LogP contribution in [-0.2, 0) is 0 Å². The van der Waals surface area contributed by atoms with Gasteiger partial charge in [-0.25, -0.2) is 0 Å². The minimum atomic E-state index is -0.486. The summed E-state index contributed by atoms with van der Waals surface area (Å²) >= 11 is 0. The van der Waals surface area contributed by atoms with Gasteiger partial charge in [0.15, 0.2) is 5.76 Å². The van der Waals surface area contributed by atoms with Gasteiger partial charge in [0.1, 0.15) is 5.58 Å². The van der Waals surface area contributed by atoms with Crippen molar-refractivity contribution in [3.63, 3.8) is 0 Å². The maximum absolute atomic E-state index is 12.2. The molecule has 2 aromatic carbocycles. The van der Waals surface area contributed by atoms with E-state index in [2.05, 4.69) is 10.9 Å². The summed E-state index contributed by atoms with van der Waals surface area (Å²) in [5, 5.41) is 0.877. The minimum Gasteiger partial charge on any atom is -0.451 e. The SMILES string of the molecule is Cc1cccc(C(=O)NNC(=O)c2oc3ccccc3c2C)c1. The summed E-state index contributed by atoms with van der Waals surface area (Å²) in [5.74, 6) is -0.675. The second-order valence-corrected chi connectivity index (χ2v) is 5.33. The number of carbonyl (C=O) groups excluding carboxylic acids is 2. The number of hydrogen-bond donors (Lipinski definition) is 2. The predicted molar refractivity (Wildman–Crippen MR) is 87.1 cm³/mol. The lowest BCUT2D eigenvalue weighted by Gasteiger charge is -2.07. The first-order chi connectivity index (χ1) is 11.1. The Balaban J connectivity index is 1.74. The third-order valence-corrected chi connectivity index (χ3v) is 3.62. The van der Waals surface area contributed by atoms with E-state index >= 15 is 0 Å². The van der Waals surface area contributed by atoms with Crippen LogP contribution in [-0.4, -0.2) is 11.8 Å². The first-order valence-electron chi connectivity index (χ1n) is 7.22. The van der Waals surface area contributed by atoms with Crippen LogP contribution in [0.15, 0.2) is 52.9 Å². The van der Waals surface area contributed by atoms with Crippen LogP contribution in [0.5, 0.6) is 0 Å². The van der Waals surface area contributed by atoms with E-state index < -0.39 is 5.91 Å². The fraction of sp³-hybridized carbons (Fsp3) is 0.111. The fourth-order valence-electron chi connectivity index (χ4n) is 2.42. The summed E-state index contributed by atoms with van der Waals surface area (Å²) in [6.45, 7) is 3.70. The Labute approximate surface area is 133 Å². The highest BCUT2D eigenvalue weighted by Crippen LogP contribution is 2.24. The first-order valence-corrected chi connectivity index (χ1v) is 7.22. The molecule has 2 amide bonds. The van der Waals surface area contributed by atoms with E-state index in [0.29, 0.717) is 11.1 Å². The van der Waals surface area contributed by atoms with Crippen LogP contribution in [0.25, 0.3) is 11.0 Å². The number of para-hydroxylation sites is 1. The molecule has 0 unspecified atom stereocenters. The van der Waals surface area contributed by atoms with E-state index in [1.54, 1.807) is 24.3 Å². The van der Waals surface area contributed by atoms with E-state index in [4.69, 9.17) is 4.42 Å². The normalized spacial score (nSPS) is 10.5. The zero-order valence-electron chi connectivity index (χ0n) is 12.8. The zero-order valence-corrected chi connectivity index (χ0v) is 12.8. The number of hydrazine groups is 1. The van der Waals surface area contributed by atoms with Crippen LogP contribution in [0.1, 0.15) is 32.0 Å². The van der Waals surface area contributed by atoms with Gasteiger partial charge < -0.3 is 4.42 Å². The second kappa shape index (κ2) is 5.96. The number of rotatable bonds is 2. The molecule has 0 aliphatic rings. The third kappa shape index (κ3) is 2.94. The largest absolute Gasteiger partial charge is 0.451 e. The quantitative estimate of drug-likeness (QED) is 0.715. The van der Waals surface area contributed by atoms with Crippen molar-refractivity contribution in [1.29, 1.82) is 0 Å². The van der Waals surface area contributed by atoms with Gasteiger partial charge in [-0.3, -0.25) is 20.4 Å². The van der Waals surface area contributed by atoms with E-state index in [1.807, 2.05) is 38.1 Å². The predicted octanol–water partition coefficient (Wildman–Crippen LogP) is 3.12. The summed E-state index contributed by atoms with van der Waals surface area (Å²) in [6.07, 6.45) is 0. The molecule has 0 fully saturated rings. The molecule has 116 valence electrons. The highest BCUT2D eigenvalue weighted by atomic mass is 16.3. The van der Waals surface area contributed by atoms with Crippen molar-refractivity contribution in [3.8, 4) is 0 Å². The number of aryl methyl sites for hydroxylation is 2. The van der Waals surface area contributed by atoms with Crippen LogP contribution in [0.2, 0.25) is 0 Å². The highest BCUT2D eigenvalue weighted by Gasteiger charge is 2.18. The van der Waals surface area contributed by atoms with Gasteiger partial charge in [-0.05, 0) is 32.0 Å². The number of carbonyl (C=O) groups is 2. The number of benzene rings is 2. The molecule has 1 heterocycles. The van der Waals surface area contributed by atoms with Gasteiger partial charge in [0.25, 0.3) is 5.91 Å². The molecule has 5 nitrogen and oxygen atoms in total. The monoisotopic (exact) mass is 308 g/mol. The molecular formula is C18H16N2O3. The molecule has 23 heavy (non-hydrogen) atoms. The summed E-state index contributed by atoms with van der Waals surface area (Å²) in [6, 6.07) is 14.5. The van der Waals surface area contributed by atoms with E-state index in [1.165, 1.54) is 0 Å². The minimum absolute atomic E-state index is 0.191. The van der Waals surface area contributed by atoms with Gasteiger partial charge in [-0.1, -0.05) is 35.9 Å². The maximum atomic E-state index is 12.2. The Kier molecular flexibility index (Phi) is 3.85. The Hall–Kier alpha value is -3.08. The van der Waals surface area contributed by atoms with Crippen molar-refractivity contribution in [2.45, 2.75) is 13.8 Å². The van der Waals surface area contributed by atoms with Gasteiger partial charge in [0, 0.05) is 16.5 Å². The fourth-order valence-corrected chi connectivity index (χ4v) is 2.42. The summed E-state index contributed by atoms with van der Waals surface area (Å²) < 4.78 is 5.55. The average molecular weight is 308 g/mol. The van der Waals surface area contributed by atoms with Gasteiger partial charge in [0.05, 0.1) is 0 Å². The van der Waals surface area contributed by atoms with Crippen LogP contribution in [0.3, 0.4) is 0 Å². The lowest BCUT2D eigenvalue weighted by molar-refractivity contribution is 0.0831. The zero-order chi connectivity index (χ0) is 16.4. The molecule has 3 aromatic rings. The summed E-state index contributed by atoms with van der Waals surface area (Å²) in [5.41, 5.74) is 7.61. The van der Waals surface area contributed by atoms with Crippen LogP contribution in [0.4, 0.5) is 0 Å². The van der Waals surface area contributed by atoms with Gasteiger partial charge in [-0.15, -0.1) is 0 Å². The van der Waals surface area contributed by atoms with Crippen molar-refractivity contribution < 1.29 is 14.0 Å². The molecule has 3 rings (SSSR count). The molecular weight excluding hydrogens is 292 g/mol. The molecule has 5 heteroatoms. The van der Waals surface area contributed by atoms with Gasteiger partial charge in [-0.2, -0.15) is 0 Å². The van der Waals surface area contributed by atoms with Crippen molar-refractivity contribution in [2.24, 2.45) is 0 Å². The molecule has 0 aliphatic carbocycles. The topological polar surface area (TPSA) is 71.3 Å². The smallest absolute Gasteiger partial charge is 0.305 e. The Morgan fingerprint density at radius 3 is 2.39 bits per heavy atom. The Morgan fingerprint density at radius 1 is 0.913 bits per heavy atom. The molecule has 0 saturated heterocycles. The van der Waals surface area contributed by atoms with Crippen LogP contribution in [0, 0.1) is 13.8 Å². The third-order valence-electron chi connectivity index (χ3n) is 3.62. The molecule has 0 saturated carbocycles. The van der Waals surface area contributed by atoms with Gasteiger partial charge >= 0.3 is 5.91 Å². The number of fused-ring (bicyclic) bond motifs is 1. The average Bonchev–Trinajstić information content (AvgIpc) is 2.90. The van der Waals surface area contributed by atoms with Crippen molar-refractivity contribution in [3.05, 3.63) is 71.0 Å². The van der Waals surface area contributed by atoms with Crippen molar-refractivity contribution in [1.82, 2.24) is 10.9 Å². The number of hydrogen-bond acceptors (Lipinski definition) is 3. The summed E-state index contributed by atoms with van der Waals surface area (Å²) in [7, 11) is 0. The standard InChI is InChI=1S/C18H16N2O3/c1-11-6-5-7-13(10-11)17(21)19-20-18(22)16-12(2)14-8-3-4-9-15(14)23-16/h3-10H,1-2H3,(H,19,21)(H,20,22). The first kappa shape index (κ1) is 14.8. The van der Waals surface area contributed by atoms with Crippen molar-refractivity contribution in [2.75, 3.05) is 0 Å². The lowest BCUT2D eigenvalue weighted by Crippen LogP contribution is -2.41. The van der Waals surface area contributed by atoms with Crippen LogP contribution >= 0.6 is 0 Å². The molecule has 0 atom stereocenters. The maximum Gasteiger partial charge on any atom is 0.305 e. The molecule has 0 radical (unpaired) electrons. The second-order valence-electron chi connectivity index (χ2n) is 5.33. The molecule has 0 bridgehead atoms. The van der Waals surface area contributed by atoms with E-state index in [9.17, 15) is 9.59 Å². The van der Waals surface area contributed by atoms with Gasteiger partial charge in [0.2, 0.25) is 0 Å². The Bertz CT molecular complexity index is 896. The van der Waals surface area contributed by atoms with E-state index in [-0.39, 0.29) is 11.7 Å². The summed E-state index contributed by atoms with van der Waals surface area (Å²) in [4.78, 5) is 24.3. The number of nitrogens with one attached hydrogen (secondary N) is 2. The number of furan rings is 1. The lowest BCUT2D eigenvalue weighted by atomic mass is 10.1. The number of amides is 2. The molecule has 2 N–H and O–H groups in total. The molecule has 0 spiro atoms. The molecule has 1 aromatic heterocycles. The van der Waals surface area contributed by atoms with Crippen LogP contribution < -0.4 is 10.9 Å². The van der Waals surface area contributed by atoms with Crippen molar-refractivity contribution >= 4 is 22.8 Å². The van der Waals surface area contributed by atoms with E-state index in [0.717, 1.165) is 16.5 Å².